The van der Waals surface area contributed by atoms with Gasteiger partial charge >= 0.3 is 5.97 Å². The largest absolute Gasteiger partial charge is 0.372 e. The average Bonchev–Trinajstić information content (AvgIpc) is 1.90. The van der Waals surface area contributed by atoms with Gasteiger partial charge in [-0.15, -0.1) is 0 Å². The highest BCUT2D eigenvalue weighted by Gasteiger charge is 2.14. The van der Waals surface area contributed by atoms with E-state index in [1.165, 1.54) is 0 Å². The summed E-state index contributed by atoms with van der Waals surface area (Å²) in [5, 5.41) is 0. The minimum atomic E-state index is -0.627. The van der Waals surface area contributed by atoms with Crippen molar-refractivity contribution < 1.29 is 9.63 Å². The van der Waals surface area contributed by atoms with Crippen molar-refractivity contribution in [2.24, 2.45) is 11.7 Å². The second kappa shape index (κ2) is 4.57. The van der Waals surface area contributed by atoms with E-state index in [2.05, 4.69) is 28.8 Å². The number of carbonyl (C=O) groups is 1. The fourth-order valence-corrected chi connectivity index (χ4v) is 0.532. The summed E-state index contributed by atoms with van der Waals surface area (Å²) in [6.45, 7) is 0. The fraction of sp³-hybridized carbons (Fsp3) is 0.667. The van der Waals surface area contributed by atoms with Crippen LogP contribution < -0.4 is 17.2 Å². The molecule has 5 nitrogen and oxygen atoms in total. The molecule has 0 radical (unpaired) electrons. The van der Waals surface area contributed by atoms with Crippen LogP contribution in [0.15, 0.2) is 0 Å². The van der Waals surface area contributed by atoms with Crippen molar-refractivity contribution in [2.45, 2.75) is 6.04 Å². The van der Waals surface area contributed by atoms with E-state index in [-0.39, 0.29) is 5.75 Å². The van der Waals surface area contributed by atoms with Crippen LogP contribution in [0.1, 0.15) is 0 Å². The molecule has 0 bridgehead atoms. The predicted molar refractivity (Wildman–Crippen MR) is 35.2 cm³/mol. The lowest BCUT2D eigenvalue weighted by Gasteiger charge is -2.07. The molecule has 0 heterocycles. The Morgan fingerprint density at radius 3 is 2.56 bits per heavy atom. The first-order valence-corrected chi connectivity index (χ1v) is 2.87. The van der Waals surface area contributed by atoms with Gasteiger partial charge in [0.1, 0.15) is 6.04 Å². The van der Waals surface area contributed by atoms with E-state index >= 15 is 0 Å². The van der Waals surface area contributed by atoms with Crippen LogP contribution in [0, 0.1) is 0 Å². The Morgan fingerprint density at radius 2 is 2.44 bits per heavy atom. The van der Waals surface area contributed by atoms with Crippen molar-refractivity contribution in [2.75, 3.05) is 5.75 Å². The Bertz CT molecular complexity index is 95.1. The molecule has 0 aromatic heterocycles. The molecule has 0 fully saturated rings. The smallest absolute Gasteiger partial charge is 0.343 e. The summed E-state index contributed by atoms with van der Waals surface area (Å²) in [5.74, 6) is 9.09. The fourth-order valence-electron chi connectivity index (χ4n) is 0.277. The van der Waals surface area contributed by atoms with Crippen molar-refractivity contribution >= 4 is 18.6 Å². The third-order valence-corrected chi connectivity index (χ3v) is 1.15. The van der Waals surface area contributed by atoms with Gasteiger partial charge in [-0.3, -0.25) is 5.84 Å². The summed E-state index contributed by atoms with van der Waals surface area (Å²) in [6.07, 6.45) is 0. The van der Waals surface area contributed by atoms with Crippen molar-refractivity contribution in [1.29, 1.82) is 0 Å². The zero-order chi connectivity index (χ0) is 7.28. The second-order valence-corrected chi connectivity index (χ2v) is 1.70. The molecule has 0 saturated carbocycles. The highest BCUT2D eigenvalue weighted by atomic mass is 32.1. The molecule has 0 rings (SSSR count). The maximum absolute atomic E-state index is 10.4. The average molecular weight is 151 g/mol. The molecule has 5 N–H and O–H groups in total. The SMILES string of the molecule is NN[C@@H](CS)C(=O)ON. The molecular weight excluding hydrogens is 142 g/mol. The van der Waals surface area contributed by atoms with Gasteiger partial charge in [-0.05, 0) is 0 Å². The molecule has 0 unspecified atom stereocenters. The molecular formula is C3H9N3O2S. The summed E-state index contributed by atoms with van der Waals surface area (Å²) in [5.41, 5.74) is 2.17. The normalized spacial score (nSPS) is 12.8. The lowest BCUT2D eigenvalue weighted by Crippen LogP contribution is -2.44. The second-order valence-electron chi connectivity index (χ2n) is 1.34. The zero-order valence-electron chi connectivity index (χ0n) is 4.70. The third-order valence-electron chi connectivity index (χ3n) is 0.784. The number of hydrogen-bond acceptors (Lipinski definition) is 6. The summed E-state index contributed by atoms with van der Waals surface area (Å²) < 4.78 is 0. The first-order valence-electron chi connectivity index (χ1n) is 2.23. The van der Waals surface area contributed by atoms with Gasteiger partial charge in [-0.1, -0.05) is 0 Å². The van der Waals surface area contributed by atoms with Gasteiger partial charge in [-0.25, -0.2) is 10.2 Å². The van der Waals surface area contributed by atoms with Crippen LogP contribution in [0.25, 0.3) is 0 Å². The van der Waals surface area contributed by atoms with Crippen molar-refractivity contribution in [3.05, 3.63) is 0 Å². The topological polar surface area (TPSA) is 90.4 Å². The van der Waals surface area contributed by atoms with Gasteiger partial charge in [0.05, 0.1) is 0 Å². The third kappa shape index (κ3) is 2.66. The van der Waals surface area contributed by atoms with Crippen molar-refractivity contribution in [3.63, 3.8) is 0 Å². The lowest BCUT2D eigenvalue weighted by atomic mass is 10.4. The van der Waals surface area contributed by atoms with E-state index in [1.54, 1.807) is 0 Å². The van der Waals surface area contributed by atoms with Crippen LogP contribution in [0.3, 0.4) is 0 Å². The molecule has 0 aromatic rings. The molecule has 9 heavy (non-hydrogen) atoms. The molecule has 54 valence electrons. The molecule has 0 aromatic carbocycles. The maximum Gasteiger partial charge on any atom is 0.343 e. The van der Waals surface area contributed by atoms with Crippen LogP contribution >= 0.6 is 12.6 Å². The monoisotopic (exact) mass is 151 g/mol. The van der Waals surface area contributed by atoms with Gasteiger partial charge in [0, 0.05) is 5.75 Å². The highest BCUT2D eigenvalue weighted by molar-refractivity contribution is 7.80. The van der Waals surface area contributed by atoms with Crippen LogP contribution in [0.2, 0.25) is 0 Å². The number of rotatable bonds is 3. The Labute approximate surface area is 58.1 Å². The van der Waals surface area contributed by atoms with E-state index in [4.69, 9.17) is 5.84 Å². The van der Waals surface area contributed by atoms with E-state index in [0.29, 0.717) is 0 Å². The number of carbonyl (C=O) groups excluding carboxylic acids is 1. The quantitative estimate of drug-likeness (QED) is 0.216. The highest BCUT2D eigenvalue weighted by Crippen LogP contribution is 1.86. The Hall–Kier alpha value is -0.300. The minimum Gasteiger partial charge on any atom is -0.372 e. The van der Waals surface area contributed by atoms with Crippen LogP contribution in [-0.2, 0) is 9.63 Å². The summed E-state index contributed by atoms with van der Waals surface area (Å²) >= 11 is 3.79. The number of nitrogens with two attached hydrogens (primary N) is 2. The Balaban J connectivity index is 3.64. The molecule has 0 aliphatic carbocycles. The summed E-state index contributed by atoms with van der Waals surface area (Å²) in [4.78, 5) is 14.3. The van der Waals surface area contributed by atoms with E-state index < -0.39 is 12.0 Å². The maximum atomic E-state index is 10.4. The predicted octanol–water partition coefficient (Wildman–Crippen LogP) is -1.83. The summed E-state index contributed by atoms with van der Waals surface area (Å²) in [6, 6.07) is -0.627. The number of hydrogen-bond donors (Lipinski definition) is 4. The molecule has 0 amide bonds. The van der Waals surface area contributed by atoms with E-state index in [1.807, 2.05) is 0 Å². The zero-order valence-corrected chi connectivity index (χ0v) is 5.60. The molecule has 1 atom stereocenters. The van der Waals surface area contributed by atoms with E-state index in [9.17, 15) is 4.79 Å². The van der Waals surface area contributed by atoms with Crippen molar-refractivity contribution in [1.82, 2.24) is 5.43 Å². The van der Waals surface area contributed by atoms with Crippen LogP contribution in [0.5, 0.6) is 0 Å². The number of nitrogens with one attached hydrogen (secondary N) is 1. The standard InChI is InChI=1S/C3H9N3O2S/c4-6-2(1-9)3(7)8-5/h2,6,9H,1,4-5H2/t2-/m0/s1. The molecule has 0 aliphatic heterocycles. The number of thiol groups is 1. The molecule has 6 heteroatoms. The van der Waals surface area contributed by atoms with Gasteiger partial charge in [-0.2, -0.15) is 18.5 Å². The molecule has 0 aliphatic rings. The first kappa shape index (κ1) is 8.70. The Morgan fingerprint density at radius 1 is 1.89 bits per heavy atom. The number of hydrazine groups is 1. The van der Waals surface area contributed by atoms with Crippen LogP contribution in [-0.4, -0.2) is 17.8 Å². The van der Waals surface area contributed by atoms with Crippen molar-refractivity contribution in [3.8, 4) is 0 Å². The first-order chi connectivity index (χ1) is 4.26. The Kier molecular flexibility index (Phi) is 4.41. The summed E-state index contributed by atoms with van der Waals surface area (Å²) in [7, 11) is 0. The minimum absolute atomic E-state index is 0.256. The van der Waals surface area contributed by atoms with Gasteiger partial charge in [0.15, 0.2) is 0 Å². The van der Waals surface area contributed by atoms with Gasteiger partial charge in [0.25, 0.3) is 0 Å². The molecule has 0 spiro atoms. The van der Waals surface area contributed by atoms with Gasteiger partial charge in [0.2, 0.25) is 0 Å². The van der Waals surface area contributed by atoms with E-state index in [0.717, 1.165) is 0 Å². The molecule has 0 saturated heterocycles. The lowest BCUT2D eigenvalue weighted by molar-refractivity contribution is -0.146. The van der Waals surface area contributed by atoms with Gasteiger partial charge < -0.3 is 4.84 Å². The van der Waals surface area contributed by atoms with Crippen LogP contribution in [0.4, 0.5) is 0 Å².